The molecule has 2 unspecified atom stereocenters. The normalized spacial score (nSPS) is 21.1. The summed E-state index contributed by atoms with van der Waals surface area (Å²) in [6.45, 7) is 3.49. The van der Waals surface area contributed by atoms with Gasteiger partial charge in [0, 0.05) is 14.5 Å². The molecule has 0 N–H and O–H groups in total. The number of carbonyl (C=O) groups excluding carboxylic acids is 2. The average molecular weight is 393 g/mol. The van der Waals surface area contributed by atoms with Crippen LogP contribution in [0.4, 0.5) is 0 Å². The van der Waals surface area contributed by atoms with Crippen molar-refractivity contribution >= 4 is 45.9 Å². The zero-order valence-electron chi connectivity index (χ0n) is 10.9. The molecule has 0 saturated heterocycles. The first-order valence-corrected chi connectivity index (χ1v) is 7.41. The molecule has 2 atom stereocenters. The van der Waals surface area contributed by atoms with Gasteiger partial charge in [0.2, 0.25) is 0 Å². The Kier molecular flexibility index (Phi) is 4.20. The van der Waals surface area contributed by atoms with Crippen molar-refractivity contribution in [3.8, 4) is 0 Å². The number of hydrogen-bond acceptors (Lipinski definition) is 3. The molecule has 0 aromatic heterocycles. The van der Waals surface area contributed by atoms with Gasteiger partial charge in [0.25, 0.3) is 0 Å². The van der Waals surface area contributed by atoms with Gasteiger partial charge in [-0.2, -0.15) is 0 Å². The summed E-state index contributed by atoms with van der Waals surface area (Å²) in [5.74, 6) is 0.0889. The number of methoxy groups -OCH3 is 1. The van der Waals surface area contributed by atoms with Crippen LogP contribution in [0.5, 0.6) is 0 Å². The highest BCUT2D eigenvalue weighted by Gasteiger charge is 2.44. The Bertz CT molecular complexity index is 568. The summed E-state index contributed by atoms with van der Waals surface area (Å²) < 4.78 is 5.71. The smallest absolute Gasteiger partial charge is 0.338 e. The molecule has 2 rings (SSSR count). The Morgan fingerprint density at radius 3 is 2.58 bits per heavy atom. The van der Waals surface area contributed by atoms with Gasteiger partial charge in [-0.1, -0.05) is 11.6 Å². The lowest BCUT2D eigenvalue weighted by Crippen LogP contribution is -2.08. The highest BCUT2D eigenvalue weighted by molar-refractivity contribution is 14.1. The van der Waals surface area contributed by atoms with E-state index < -0.39 is 0 Å². The van der Waals surface area contributed by atoms with E-state index in [9.17, 15) is 9.59 Å². The predicted octanol–water partition coefficient (Wildman–Crippen LogP) is 3.73. The summed E-state index contributed by atoms with van der Waals surface area (Å²) in [7, 11) is 1.35. The molecule has 0 aliphatic heterocycles. The molecule has 3 nitrogen and oxygen atoms in total. The predicted molar refractivity (Wildman–Crippen MR) is 81.8 cm³/mol. The molecule has 102 valence electrons. The Morgan fingerprint density at radius 2 is 2.11 bits per heavy atom. The summed E-state index contributed by atoms with van der Waals surface area (Å²) >= 11 is 8.48. The minimum Gasteiger partial charge on any atom is -0.465 e. The van der Waals surface area contributed by atoms with Crippen molar-refractivity contribution in [2.45, 2.75) is 26.2 Å². The lowest BCUT2D eigenvalue weighted by Gasteiger charge is -2.13. The number of hydrogen-bond donors (Lipinski definition) is 0. The van der Waals surface area contributed by atoms with E-state index >= 15 is 0 Å². The fraction of sp³-hybridized carbons (Fsp3) is 0.429. The van der Waals surface area contributed by atoms with Crippen LogP contribution in [0.25, 0.3) is 0 Å². The number of esters is 1. The maximum atomic E-state index is 11.7. The maximum Gasteiger partial charge on any atom is 0.338 e. The number of ether oxygens (including phenoxy) is 1. The van der Waals surface area contributed by atoms with Gasteiger partial charge >= 0.3 is 5.97 Å². The van der Waals surface area contributed by atoms with Crippen LogP contribution in [0.15, 0.2) is 6.07 Å². The van der Waals surface area contributed by atoms with Crippen molar-refractivity contribution in [2.24, 2.45) is 5.92 Å². The topological polar surface area (TPSA) is 43.4 Å². The van der Waals surface area contributed by atoms with Gasteiger partial charge in [0.1, 0.15) is 5.78 Å². The fourth-order valence-corrected chi connectivity index (χ4v) is 3.85. The zero-order valence-corrected chi connectivity index (χ0v) is 13.8. The number of benzene rings is 1. The molecule has 19 heavy (non-hydrogen) atoms. The molecule has 0 radical (unpaired) electrons. The van der Waals surface area contributed by atoms with Crippen LogP contribution in [-0.4, -0.2) is 18.9 Å². The van der Waals surface area contributed by atoms with Gasteiger partial charge in [-0.3, -0.25) is 4.79 Å². The van der Waals surface area contributed by atoms with Crippen LogP contribution in [0.3, 0.4) is 0 Å². The third-order valence-corrected chi connectivity index (χ3v) is 5.29. The summed E-state index contributed by atoms with van der Waals surface area (Å²) in [6.07, 6.45) is 0.849. The lowest BCUT2D eigenvalue weighted by atomic mass is 10.0. The lowest BCUT2D eigenvalue weighted by molar-refractivity contribution is -0.118. The molecular formula is C14H14ClIO3. The number of Topliss-reactive ketones (excluding diaryl/α,β-unsaturated/α-hetero) is 1. The van der Waals surface area contributed by atoms with E-state index in [0.717, 1.165) is 21.1 Å². The minimum atomic E-state index is -0.386. The minimum absolute atomic E-state index is 0.0781. The molecular weight excluding hydrogens is 379 g/mol. The Morgan fingerprint density at radius 1 is 1.47 bits per heavy atom. The Balaban J connectivity index is 2.46. The second kappa shape index (κ2) is 5.40. The number of ketones is 1. The Hall–Kier alpha value is -0.620. The van der Waals surface area contributed by atoms with Crippen LogP contribution in [0, 0.1) is 16.4 Å². The van der Waals surface area contributed by atoms with Gasteiger partial charge in [-0.25, -0.2) is 4.79 Å². The molecule has 0 amide bonds. The number of halogens is 2. The van der Waals surface area contributed by atoms with E-state index in [1.165, 1.54) is 7.11 Å². The quantitative estimate of drug-likeness (QED) is 0.581. The van der Waals surface area contributed by atoms with Crippen molar-refractivity contribution in [1.29, 1.82) is 0 Å². The standard InChI is InChI=1S/C14H14ClIO3/c1-6-8(14(18)19-3)5-11(15)12(13(6)16)10-4-9(10)7(2)17/h5,9-10H,4H2,1-3H3. The van der Waals surface area contributed by atoms with Crippen molar-refractivity contribution in [3.05, 3.63) is 31.3 Å². The first kappa shape index (κ1) is 14.8. The SMILES string of the molecule is COC(=O)c1cc(Cl)c(C2CC2C(C)=O)c(I)c1C. The third kappa shape index (κ3) is 2.65. The second-order valence-corrected chi connectivity index (χ2v) is 6.30. The molecule has 1 fully saturated rings. The van der Waals surface area contributed by atoms with Crippen LogP contribution in [0.2, 0.25) is 5.02 Å². The molecule has 0 spiro atoms. The van der Waals surface area contributed by atoms with Crippen LogP contribution < -0.4 is 0 Å². The Labute approximate surface area is 130 Å². The van der Waals surface area contributed by atoms with E-state index in [2.05, 4.69) is 22.6 Å². The fourth-order valence-electron chi connectivity index (χ4n) is 2.36. The molecule has 1 aromatic carbocycles. The molecule has 1 aromatic rings. The summed E-state index contributed by atoms with van der Waals surface area (Å²) in [5.41, 5.74) is 2.34. The van der Waals surface area contributed by atoms with E-state index in [-0.39, 0.29) is 23.6 Å². The van der Waals surface area contributed by atoms with Crippen molar-refractivity contribution < 1.29 is 14.3 Å². The number of carbonyl (C=O) groups is 2. The van der Waals surface area contributed by atoms with Crippen LogP contribution in [0.1, 0.15) is 40.7 Å². The van der Waals surface area contributed by atoms with Crippen LogP contribution in [-0.2, 0) is 9.53 Å². The number of rotatable bonds is 3. The molecule has 0 bridgehead atoms. The van der Waals surface area contributed by atoms with Crippen molar-refractivity contribution in [2.75, 3.05) is 7.11 Å². The first-order chi connectivity index (χ1) is 8.88. The van der Waals surface area contributed by atoms with E-state index in [4.69, 9.17) is 16.3 Å². The molecule has 1 aliphatic rings. The second-order valence-electron chi connectivity index (χ2n) is 4.81. The van der Waals surface area contributed by atoms with Gasteiger partial charge < -0.3 is 4.74 Å². The highest BCUT2D eigenvalue weighted by Crippen LogP contribution is 2.52. The highest BCUT2D eigenvalue weighted by atomic mass is 127. The average Bonchev–Trinajstić information content (AvgIpc) is 3.13. The summed E-state index contributed by atoms with van der Waals surface area (Å²) in [4.78, 5) is 23.1. The van der Waals surface area contributed by atoms with Crippen molar-refractivity contribution in [1.82, 2.24) is 0 Å². The van der Waals surface area contributed by atoms with E-state index in [1.54, 1.807) is 13.0 Å². The van der Waals surface area contributed by atoms with E-state index in [1.807, 2.05) is 6.92 Å². The molecule has 1 saturated carbocycles. The van der Waals surface area contributed by atoms with Gasteiger partial charge in [0.15, 0.2) is 0 Å². The maximum absolute atomic E-state index is 11.7. The largest absolute Gasteiger partial charge is 0.465 e. The molecule has 0 heterocycles. The van der Waals surface area contributed by atoms with Gasteiger partial charge in [-0.15, -0.1) is 0 Å². The van der Waals surface area contributed by atoms with Gasteiger partial charge in [0.05, 0.1) is 12.7 Å². The molecule has 1 aliphatic carbocycles. The summed E-state index contributed by atoms with van der Waals surface area (Å²) in [5, 5.41) is 0.546. The zero-order chi connectivity index (χ0) is 14.3. The van der Waals surface area contributed by atoms with Crippen molar-refractivity contribution in [3.63, 3.8) is 0 Å². The first-order valence-electron chi connectivity index (χ1n) is 5.95. The van der Waals surface area contributed by atoms with Gasteiger partial charge in [-0.05, 0) is 66.0 Å². The summed E-state index contributed by atoms with van der Waals surface area (Å²) in [6, 6.07) is 1.65. The monoisotopic (exact) mass is 392 g/mol. The molecule has 5 heteroatoms. The third-order valence-electron chi connectivity index (χ3n) is 3.59. The van der Waals surface area contributed by atoms with Crippen LogP contribution >= 0.6 is 34.2 Å². The van der Waals surface area contributed by atoms with E-state index in [0.29, 0.717) is 10.6 Å².